The van der Waals surface area contributed by atoms with E-state index in [0.717, 1.165) is 33.4 Å². The molecule has 3 nitrogen and oxygen atoms in total. The first kappa shape index (κ1) is 15.4. The molecule has 0 radical (unpaired) electrons. The maximum absolute atomic E-state index is 10.3. The van der Waals surface area contributed by atoms with E-state index in [2.05, 4.69) is 0 Å². The maximum Gasteiger partial charge on any atom is 0.124 e. The van der Waals surface area contributed by atoms with E-state index in [-0.39, 0.29) is 12.4 Å². The highest BCUT2D eigenvalue weighted by Gasteiger charge is 2.15. The Hall–Kier alpha value is -2.00. The number of hydrogen-bond acceptors (Lipinski definition) is 3. The Kier molecular flexibility index (Phi) is 4.24. The van der Waals surface area contributed by atoms with Gasteiger partial charge in [0.2, 0.25) is 0 Å². The molecular weight excluding hydrogens is 264 g/mol. The van der Waals surface area contributed by atoms with Crippen molar-refractivity contribution in [3.63, 3.8) is 0 Å². The number of benzene rings is 2. The lowest BCUT2D eigenvalue weighted by Crippen LogP contribution is -2.01. The molecule has 3 N–H and O–H groups in total. The van der Waals surface area contributed by atoms with E-state index in [0.29, 0.717) is 17.7 Å². The van der Waals surface area contributed by atoms with Crippen molar-refractivity contribution >= 4 is 0 Å². The summed E-state index contributed by atoms with van der Waals surface area (Å²) in [6.45, 7) is 7.38. The van der Waals surface area contributed by atoms with Crippen molar-refractivity contribution in [2.75, 3.05) is 0 Å². The molecule has 0 saturated heterocycles. The highest BCUT2D eigenvalue weighted by molar-refractivity contribution is 5.53. The van der Waals surface area contributed by atoms with Gasteiger partial charge >= 0.3 is 0 Å². The molecule has 0 bridgehead atoms. The molecule has 3 heteroatoms. The molecule has 2 rings (SSSR count). The molecule has 0 amide bonds. The summed E-state index contributed by atoms with van der Waals surface area (Å²) in [7, 11) is 0. The normalized spacial score (nSPS) is 10.9. The van der Waals surface area contributed by atoms with E-state index < -0.39 is 0 Å². The van der Waals surface area contributed by atoms with Gasteiger partial charge in [0.25, 0.3) is 0 Å². The molecule has 2 aromatic carbocycles. The highest BCUT2D eigenvalue weighted by atomic mass is 16.3. The second-order valence-corrected chi connectivity index (χ2v) is 5.67. The summed E-state index contributed by atoms with van der Waals surface area (Å²) < 4.78 is 0. The number of aryl methyl sites for hydroxylation is 3. The van der Waals surface area contributed by atoms with E-state index in [9.17, 15) is 15.3 Å². The molecule has 0 heterocycles. The summed E-state index contributed by atoms with van der Waals surface area (Å²) in [6.07, 6.45) is 0.583. The van der Waals surface area contributed by atoms with Gasteiger partial charge in [0.05, 0.1) is 6.61 Å². The van der Waals surface area contributed by atoms with Crippen LogP contribution in [0.15, 0.2) is 18.2 Å². The topological polar surface area (TPSA) is 60.7 Å². The van der Waals surface area contributed by atoms with Crippen LogP contribution in [0.25, 0.3) is 0 Å². The first-order valence-electron chi connectivity index (χ1n) is 7.06. The molecule has 0 aliphatic rings. The van der Waals surface area contributed by atoms with Crippen LogP contribution in [0.5, 0.6) is 11.5 Å². The summed E-state index contributed by atoms with van der Waals surface area (Å²) >= 11 is 0. The molecular formula is C18H22O3. The van der Waals surface area contributed by atoms with Gasteiger partial charge in [-0.25, -0.2) is 0 Å². The van der Waals surface area contributed by atoms with Crippen molar-refractivity contribution < 1.29 is 15.3 Å². The van der Waals surface area contributed by atoms with E-state index in [1.165, 1.54) is 0 Å². The van der Waals surface area contributed by atoms with Gasteiger partial charge in [-0.1, -0.05) is 18.2 Å². The minimum Gasteiger partial charge on any atom is -0.507 e. The molecule has 0 atom stereocenters. The second kappa shape index (κ2) is 5.78. The van der Waals surface area contributed by atoms with Gasteiger partial charge in [0.1, 0.15) is 11.5 Å². The average Bonchev–Trinajstić information content (AvgIpc) is 2.45. The number of aromatic hydroxyl groups is 2. The lowest BCUT2D eigenvalue weighted by Gasteiger charge is -2.16. The Morgan fingerprint density at radius 2 is 1.38 bits per heavy atom. The molecule has 0 spiro atoms. The van der Waals surface area contributed by atoms with Crippen LogP contribution >= 0.6 is 0 Å². The third-order valence-corrected chi connectivity index (χ3v) is 4.23. The number of phenolic OH excluding ortho intramolecular Hbond substituents is 1. The molecule has 0 aliphatic heterocycles. The smallest absolute Gasteiger partial charge is 0.124 e. The predicted molar refractivity (Wildman–Crippen MR) is 83.9 cm³/mol. The average molecular weight is 286 g/mol. The van der Waals surface area contributed by atoms with Crippen LogP contribution in [0.2, 0.25) is 0 Å². The van der Waals surface area contributed by atoms with Gasteiger partial charge in [-0.15, -0.1) is 0 Å². The van der Waals surface area contributed by atoms with Crippen molar-refractivity contribution in [1.82, 2.24) is 0 Å². The summed E-state index contributed by atoms with van der Waals surface area (Å²) in [5.41, 5.74) is 5.98. The zero-order valence-corrected chi connectivity index (χ0v) is 13.0. The van der Waals surface area contributed by atoms with Crippen LogP contribution in [0, 0.1) is 27.7 Å². The van der Waals surface area contributed by atoms with E-state index in [1.807, 2.05) is 45.9 Å². The van der Waals surface area contributed by atoms with Crippen LogP contribution in [-0.4, -0.2) is 15.3 Å². The lowest BCUT2D eigenvalue weighted by molar-refractivity contribution is 0.274. The molecule has 21 heavy (non-hydrogen) atoms. The summed E-state index contributed by atoms with van der Waals surface area (Å²) in [5.74, 6) is 0.481. The number of rotatable bonds is 3. The van der Waals surface area contributed by atoms with Crippen molar-refractivity contribution in [1.29, 1.82) is 0 Å². The molecule has 2 aromatic rings. The Bertz CT molecular complexity index is 688. The number of aliphatic hydroxyl groups is 1. The van der Waals surface area contributed by atoms with Gasteiger partial charge in [0.15, 0.2) is 0 Å². The van der Waals surface area contributed by atoms with Crippen molar-refractivity contribution in [2.45, 2.75) is 40.7 Å². The van der Waals surface area contributed by atoms with Crippen LogP contribution in [0.4, 0.5) is 0 Å². The molecule has 0 unspecified atom stereocenters. The SMILES string of the molecule is Cc1ccc(C)c(Cc2cc(C)c(O)c(CO)c2C)c1O. The second-order valence-electron chi connectivity index (χ2n) is 5.67. The number of aliphatic hydroxyl groups excluding tert-OH is 1. The molecule has 112 valence electrons. The van der Waals surface area contributed by atoms with Crippen molar-refractivity contribution in [3.8, 4) is 11.5 Å². The maximum atomic E-state index is 10.3. The van der Waals surface area contributed by atoms with Crippen LogP contribution in [0.1, 0.15) is 38.9 Å². The zero-order chi connectivity index (χ0) is 15.7. The van der Waals surface area contributed by atoms with Gasteiger partial charge in [-0.05, 0) is 55.5 Å². The van der Waals surface area contributed by atoms with Crippen LogP contribution < -0.4 is 0 Å². The summed E-state index contributed by atoms with van der Waals surface area (Å²) in [5, 5.41) is 29.8. The molecule has 0 aliphatic carbocycles. The van der Waals surface area contributed by atoms with Gasteiger partial charge in [0, 0.05) is 17.5 Å². The highest BCUT2D eigenvalue weighted by Crippen LogP contribution is 2.33. The quantitative estimate of drug-likeness (QED) is 0.810. The van der Waals surface area contributed by atoms with Gasteiger partial charge in [-0.2, -0.15) is 0 Å². The Morgan fingerprint density at radius 3 is 2.00 bits per heavy atom. The molecule has 0 saturated carbocycles. The number of hydrogen-bond donors (Lipinski definition) is 3. The van der Waals surface area contributed by atoms with Crippen LogP contribution in [-0.2, 0) is 13.0 Å². The standard InChI is InChI=1S/C18H22O3/c1-10-5-6-11(2)17(20)15(10)8-14-7-12(3)18(21)16(9-19)13(14)4/h5-7,19-21H,8-9H2,1-4H3. The first-order valence-corrected chi connectivity index (χ1v) is 7.06. The Labute approximate surface area is 125 Å². The summed E-state index contributed by atoms with van der Waals surface area (Å²) in [4.78, 5) is 0. The monoisotopic (exact) mass is 286 g/mol. The van der Waals surface area contributed by atoms with E-state index >= 15 is 0 Å². The number of phenols is 2. The predicted octanol–water partition coefficient (Wildman–Crippen LogP) is 3.41. The van der Waals surface area contributed by atoms with E-state index in [4.69, 9.17) is 0 Å². The zero-order valence-electron chi connectivity index (χ0n) is 13.0. The van der Waals surface area contributed by atoms with Crippen molar-refractivity contribution in [2.24, 2.45) is 0 Å². The minimum atomic E-state index is -0.189. The van der Waals surface area contributed by atoms with E-state index in [1.54, 1.807) is 0 Å². The third kappa shape index (κ3) is 2.74. The largest absolute Gasteiger partial charge is 0.507 e. The Balaban J connectivity index is 2.55. The first-order chi connectivity index (χ1) is 9.86. The lowest BCUT2D eigenvalue weighted by atomic mass is 9.91. The minimum absolute atomic E-state index is 0.156. The van der Waals surface area contributed by atoms with Gasteiger partial charge < -0.3 is 15.3 Å². The summed E-state index contributed by atoms with van der Waals surface area (Å²) in [6, 6.07) is 5.83. The molecule has 0 aromatic heterocycles. The van der Waals surface area contributed by atoms with Gasteiger partial charge in [-0.3, -0.25) is 0 Å². The fourth-order valence-corrected chi connectivity index (χ4v) is 2.69. The molecule has 0 fully saturated rings. The Morgan fingerprint density at radius 1 is 0.810 bits per heavy atom. The van der Waals surface area contributed by atoms with Crippen LogP contribution in [0.3, 0.4) is 0 Å². The third-order valence-electron chi connectivity index (χ3n) is 4.23. The fourth-order valence-electron chi connectivity index (χ4n) is 2.69. The fraction of sp³-hybridized carbons (Fsp3) is 0.333. The van der Waals surface area contributed by atoms with Crippen molar-refractivity contribution in [3.05, 3.63) is 57.1 Å².